The summed E-state index contributed by atoms with van der Waals surface area (Å²) in [5.74, 6) is -0.597. The summed E-state index contributed by atoms with van der Waals surface area (Å²) in [7, 11) is 0. The summed E-state index contributed by atoms with van der Waals surface area (Å²) in [6, 6.07) is 0. The van der Waals surface area contributed by atoms with Crippen molar-refractivity contribution in [2.75, 3.05) is 13.2 Å². The SMILES string of the molecule is CCCCCCCCCCCCCCCCCCCC(=O)O[C@@H](CO)COC(=O)CCCCCCC. The van der Waals surface area contributed by atoms with E-state index in [1.54, 1.807) is 0 Å². The van der Waals surface area contributed by atoms with Gasteiger partial charge in [-0.1, -0.05) is 142 Å². The molecule has 0 aliphatic heterocycles. The Bertz CT molecular complexity index is 480. The number of carbonyl (C=O) groups is 2. The van der Waals surface area contributed by atoms with Crippen LogP contribution < -0.4 is 0 Å². The van der Waals surface area contributed by atoms with Gasteiger partial charge >= 0.3 is 11.9 Å². The zero-order valence-corrected chi connectivity index (χ0v) is 24.0. The van der Waals surface area contributed by atoms with Gasteiger partial charge in [0.05, 0.1) is 6.61 Å². The predicted octanol–water partition coefficient (Wildman–Crippen LogP) is 8.84. The normalized spacial score (nSPS) is 12.0. The molecule has 0 amide bonds. The number of hydrogen-bond donors (Lipinski definition) is 1. The largest absolute Gasteiger partial charge is 0.462 e. The average Bonchev–Trinajstić information content (AvgIpc) is 2.88. The molecule has 0 radical (unpaired) electrons. The number of aliphatic hydroxyl groups excluding tert-OH is 1. The van der Waals surface area contributed by atoms with E-state index in [9.17, 15) is 14.7 Å². The van der Waals surface area contributed by atoms with Crippen molar-refractivity contribution in [3.63, 3.8) is 0 Å². The summed E-state index contributed by atoms with van der Waals surface area (Å²) in [5, 5.41) is 9.41. The molecule has 0 saturated carbocycles. The van der Waals surface area contributed by atoms with Crippen LogP contribution in [0.3, 0.4) is 0 Å². The number of carbonyl (C=O) groups excluding carboxylic acids is 2. The quantitative estimate of drug-likeness (QED) is 0.0837. The molecule has 0 rings (SSSR count). The fourth-order valence-electron chi connectivity index (χ4n) is 4.49. The van der Waals surface area contributed by atoms with Gasteiger partial charge in [0.15, 0.2) is 6.10 Å². The smallest absolute Gasteiger partial charge is 0.306 e. The highest BCUT2D eigenvalue weighted by Crippen LogP contribution is 2.14. The molecule has 0 aliphatic carbocycles. The molecule has 36 heavy (non-hydrogen) atoms. The Kier molecular flexibility index (Phi) is 27.6. The maximum absolute atomic E-state index is 12.0. The fraction of sp³-hybridized carbons (Fsp3) is 0.935. The third kappa shape index (κ3) is 26.0. The average molecular weight is 513 g/mol. The Labute approximate surface area is 223 Å². The minimum atomic E-state index is -0.757. The van der Waals surface area contributed by atoms with Gasteiger partial charge in [-0.15, -0.1) is 0 Å². The molecule has 214 valence electrons. The Morgan fingerprint density at radius 1 is 0.528 bits per heavy atom. The van der Waals surface area contributed by atoms with E-state index in [4.69, 9.17) is 9.47 Å². The molecule has 0 fully saturated rings. The summed E-state index contributed by atoms with van der Waals surface area (Å²) in [6.45, 7) is 4.05. The summed E-state index contributed by atoms with van der Waals surface area (Å²) in [4.78, 5) is 23.8. The molecule has 0 unspecified atom stereocenters. The van der Waals surface area contributed by atoms with Crippen LogP contribution in [-0.2, 0) is 19.1 Å². The zero-order chi connectivity index (χ0) is 26.5. The Morgan fingerprint density at radius 2 is 0.861 bits per heavy atom. The van der Waals surface area contributed by atoms with Gasteiger partial charge in [-0.2, -0.15) is 0 Å². The number of esters is 2. The van der Waals surface area contributed by atoms with Crippen molar-refractivity contribution in [2.45, 2.75) is 174 Å². The van der Waals surface area contributed by atoms with E-state index in [2.05, 4.69) is 13.8 Å². The van der Waals surface area contributed by atoms with Gasteiger partial charge in [0.1, 0.15) is 6.61 Å². The van der Waals surface area contributed by atoms with Gasteiger partial charge in [-0.3, -0.25) is 9.59 Å². The van der Waals surface area contributed by atoms with Gasteiger partial charge in [0.2, 0.25) is 0 Å². The number of hydrogen-bond acceptors (Lipinski definition) is 5. The van der Waals surface area contributed by atoms with E-state index in [1.165, 1.54) is 103 Å². The maximum Gasteiger partial charge on any atom is 0.306 e. The van der Waals surface area contributed by atoms with Crippen LogP contribution in [0.15, 0.2) is 0 Å². The van der Waals surface area contributed by atoms with Crippen LogP contribution in [0.5, 0.6) is 0 Å². The zero-order valence-electron chi connectivity index (χ0n) is 24.0. The number of ether oxygens (including phenoxy) is 2. The van der Waals surface area contributed by atoms with E-state index >= 15 is 0 Å². The third-order valence-electron chi connectivity index (χ3n) is 6.90. The number of aliphatic hydroxyl groups is 1. The molecule has 0 bridgehead atoms. The molecule has 0 saturated heterocycles. The van der Waals surface area contributed by atoms with Crippen molar-refractivity contribution >= 4 is 11.9 Å². The van der Waals surface area contributed by atoms with E-state index in [0.717, 1.165) is 38.5 Å². The molecule has 5 heteroatoms. The second-order valence-corrected chi connectivity index (χ2v) is 10.5. The van der Waals surface area contributed by atoms with Crippen LogP contribution in [0, 0.1) is 0 Å². The highest BCUT2D eigenvalue weighted by atomic mass is 16.6. The monoisotopic (exact) mass is 512 g/mol. The lowest BCUT2D eigenvalue weighted by Gasteiger charge is -2.15. The number of rotatable bonds is 28. The van der Waals surface area contributed by atoms with Gasteiger partial charge in [-0.25, -0.2) is 0 Å². The molecule has 0 heterocycles. The summed E-state index contributed by atoms with van der Waals surface area (Å²) in [5.41, 5.74) is 0. The molecule has 1 N–H and O–H groups in total. The molecule has 0 aliphatic rings. The first-order chi connectivity index (χ1) is 17.6. The van der Waals surface area contributed by atoms with Crippen molar-refractivity contribution in [1.82, 2.24) is 0 Å². The summed E-state index contributed by atoms with van der Waals surface area (Å²) < 4.78 is 10.4. The third-order valence-corrected chi connectivity index (χ3v) is 6.90. The topological polar surface area (TPSA) is 72.8 Å². The van der Waals surface area contributed by atoms with E-state index in [0.29, 0.717) is 12.8 Å². The second kappa shape index (κ2) is 28.5. The van der Waals surface area contributed by atoms with Crippen molar-refractivity contribution in [1.29, 1.82) is 0 Å². The van der Waals surface area contributed by atoms with Crippen LogP contribution in [0.4, 0.5) is 0 Å². The Hall–Kier alpha value is -1.10. The first-order valence-electron chi connectivity index (χ1n) is 15.6. The Morgan fingerprint density at radius 3 is 1.22 bits per heavy atom. The first-order valence-corrected chi connectivity index (χ1v) is 15.6. The van der Waals surface area contributed by atoms with Crippen molar-refractivity contribution in [3.8, 4) is 0 Å². The van der Waals surface area contributed by atoms with E-state index in [1.807, 2.05) is 0 Å². The van der Waals surface area contributed by atoms with Crippen molar-refractivity contribution in [2.24, 2.45) is 0 Å². The van der Waals surface area contributed by atoms with E-state index < -0.39 is 6.10 Å². The molecular formula is C31H60O5. The summed E-state index contributed by atoms with van der Waals surface area (Å²) >= 11 is 0. The lowest BCUT2D eigenvalue weighted by atomic mass is 10.0. The standard InChI is InChI=1S/C31H60O5/c1-3-5-7-9-10-11-12-13-14-15-16-17-18-19-20-22-24-26-31(34)36-29(27-32)28-35-30(33)25-23-21-8-6-4-2/h29,32H,3-28H2,1-2H3/t29-/m0/s1. The van der Waals surface area contributed by atoms with Gasteiger partial charge in [0, 0.05) is 12.8 Å². The highest BCUT2D eigenvalue weighted by molar-refractivity contribution is 5.70. The minimum absolute atomic E-state index is 0.0604. The van der Waals surface area contributed by atoms with Crippen LogP contribution in [0.1, 0.15) is 168 Å². The van der Waals surface area contributed by atoms with E-state index in [-0.39, 0.29) is 25.2 Å². The molecule has 0 aromatic carbocycles. The fourth-order valence-corrected chi connectivity index (χ4v) is 4.49. The predicted molar refractivity (Wildman–Crippen MR) is 150 cm³/mol. The molecule has 5 nitrogen and oxygen atoms in total. The second-order valence-electron chi connectivity index (χ2n) is 10.5. The molecule has 0 spiro atoms. The van der Waals surface area contributed by atoms with Crippen LogP contribution in [0.2, 0.25) is 0 Å². The molecular weight excluding hydrogens is 452 g/mol. The Balaban J connectivity index is 3.47. The minimum Gasteiger partial charge on any atom is -0.462 e. The molecule has 1 atom stereocenters. The van der Waals surface area contributed by atoms with Crippen LogP contribution >= 0.6 is 0 Å². The summed E-state index contributed by atoms with van der Waals surface area (Å²) in [6.07, 6.45) is 27.6. The van der Waals surface area contributed by atoms with Crippen molar-refractivity contribution < 1.29 is 24.2 Å². The van der Waals surface area contributed by atoms with Gasteiger partial charge < -0.3 is 14.6 Å². The lowest BCUT2D eigenvalue weighted by Crippen LogP contribution is -2.28. The van der Waals surface area contributed by atoms with Crippen molar-refractivity contribution in [3.05, 3.63) is 0 Å². The lowest BCUT2D eigenvalue weighted by molar-refractivity contribution is -0.161. The van der Waals surface area contributed by atoms with Gasteiger partial charge in [0.25, 0.3) is 0 Å². The molecule has 0 aromatic rings. The number of unbranched alkanes of at least 4 members (excludes halogenated alkanes) is 20. The molecule has 0 aromatic heterocycles. The van der Waals surface area contributed by atoms with Gasteiger partial charge in [-0.05, 0) is 12.8 Å². The highest BCUT2D eigenvalue weighted by Gasteiger charge is 2.16. The maximum atomic E-state index is 12.0. The van der Waals surface area contributed by atoms with Crippen LogP contribution in [0.25, 0.3) is 0 Å². The van der Waals surface area contributed by atoms with Crippen LogP contribution in [-0.4, -0.2) is 36.4 Å². The first kappa shape index (κ1) is 34.9.